The smallest absolute Gasteiger partial charge is 0.188 e. The number of nitrogens with zero attached hydrogens (tertiary/aromatic N) is 2. The number of benzene rings is 1. The molecule has 0 aliphatic heterocycles. The highest BCUT2D eigenvalue weighted by Gasteiger charge is 2.01. The Hall–Kier alpha value is -1.49. The Bertz CT molecular complexity index is 424. The van der Waals surface area contributed by atoms with Gasteiger partial charge in [0.2, 0.25) is 0 Å². The number of nitrogens with one attached hydrogen (secondary N) is 1. The SMILES string of the molecule is Cc1ccc(Sc2ncn[nH]2)cc1N. The van der Waals surface area contributed by atoms with Crippen LogP contribution in [0.2, 0.25) is 0 Å². The maximum absolute atomic E-state index is 5.79. The van der Waals surface area contributed by atoms with E-state index in [-0.39, 0.29) is 0 Å². The largest absolute Gasteiger partial charge is 0.398 e. The molecule has 0 bridgehead atoms. The quantitative estimate of drug-likeness (QED) is 0.736. The van der Waals surface area contributed by atoms with E-state index in [4.69, 9.17) is 5.73 Å². The zero-order valence-electron chi connectivity index (χ0n) is 7.69. The molecule has 0 unspecified atom stereocenters. The lowest BCUT2D eigenvalue weighted by Crippen LogP contribution is -1.89. The number of nitrogens with two attached hydrogens (primary N) is 1. The predicted octanol–water partition coefficient (Wildman–Crippen LogP) is 1.85. The maximum Gasteiger partial charge on any atom is 0.188 e. The maximum atomic E-state index is 5.79. The minimum atomic E-state index is 0.772. The second-order valence-corrected chi connectivity index (χ2v) is 3.97. The molecule has 0 spiro atoms. The van der Waals surface area contributed by atoms with Gasteiger partial charge in [0.1, 0.15) is 6.33 Å². The summed E-state index contributed by atoms with van der Waals surface area (Å²) in [6.45, 7) is 1.98. The van der Waals surface area contributed by atoms with E-state index in [1.807, 2.05) is 25.1 Å². The normalized spacial score (nSPS) is 10.4. The first kappa shape index (κ1) is 9.08. The molecule has 14 heavy (non-hydrogen) atoms. The monoisotopic (exact) mass is 206 g/mol. The number of nitrogen functional groups attached to an aromatic ring is 1. The number of aromatic nitrogens is 3. The van der Waals surface area contributed by atoms with Crippen LogP contribution < -0.4 is 5.73 Å². The average Bonchev–Trinajstić information content (AvgIpc) is 2.64. The molecule has 1 heterocycles. The standard InChI is InChI=1S/C9H10N4S/c1-6-2-3-7(4-8(6)10)14-9-11-5-12-13-9/h2-5H,10H2,1H3,(H,11,12,13). The Kier molecular flexibility index (Phi) is 2.41. The molecule has 0 saturated carbocycles. The Labute approximate surface area is 85.9 Å². The van der Waals surface area contributed by atoms with Crippen molar-refractivity contribution in [2.75, 3.05) is 5.73 Å². The van der Waals surface area contributed by atoms with Crippen molar-refractivity contribution in [2.24, 2.45) is 0 Å². The van der Waals surface area contributed by atoms with E-state index < -0.39 is 0 Å². The molecule has 0 aliphatic carbocycles. The van der Waals surface area contributed by atoms with Gasteiger partial charge in [-0.15, -0.1) is 0 Å². The van der Waals surface area contributed by atoms with Gasteiger partial charge in [0, 0.05) is 10.6 Å². The van der Waals surface area contributed by atoms with E-state index in [2.05, 4.69) is 15.2 Å². The summed E-state index contributed by atoms with van der Waals surface area (Å²) in [4.78, 5) is 5.08. The second kappa shape index (κ2) is 3.71. The second-order valence-electron chi connectivity index (χ2n) is 2.91. The van der Waals surface area contributed by atoms with Crippen LogP contribution in [0.3, 0.4) is 0 Å². The van der Waals surface area contributed by atoms with Crippen molar-refractivity contribution in [3.8, 4) is 0 Å². The van der Waals surface area contributed by atoms with Crippen LogP contribution in [0.5, 0.6) is 0 Å². The highest BCUT2D eigenvalue weighted by molar-refractivity contribution is 7.99. The van der Waals surface area contributed by atoms with Gasteiger partial charge in [-0.2, -0.15) is 5.10 Å². The molecule has 0 atom stereocenters. The molecule has 0 amide bonds. The van der Waals surface area contributed by atoms with Crippen LogP contribution in [-0.4, -0.2) is 15.2 Å². The average molecular weight is 206 g/mol. The Morgan fingerprint density at radius 3 is 2.93 bits per heavy atom. The molecule has 5 heteroatoms. The first-order chi connectivity index (χ1) is 6.75. The number of aromatic amines is 1. The molecule has 2 aromatic rings. The van der Waals surface area contributed by atoms with Gasteiger partial charge in [-0.25, -0.2) is 4.98 Å². The zero-order valence-corrected chi connectivity index (χ0v) is 8.51. The molecule has 72 valence electrons. The van der Waals surface area contributed by atoms with Crippen molar-refractivity contribution in [3.63, 3.8) is 0 Å². The van der Waals surface area contributed by atoms with Crippen LogP contribution in [0.1, 0.15) is 5.56 Å². The molecular formula is C9H10N4S. The summed E-state index contributed by atoms with van der Waals surface area (Å²) in [7, 11) is 0. The number of anilines is 1. The molecule has 2 rings (SSSR count). The molecule has 3 N–H and O–H groups in total. The molecule has 0 fully saturated rings. The molecule has 4 nitrogen and oxygen atoms in total. The Morgan fingerprint density at radius 1 is 1.43 bits per heavy atom. The van der Waals surface area contributed by atoms with Gasteiger partial charge in [-0.3, -0.25) is 5.10 Å². The van der Waals surface area contributed by atoms with Gasteiger partial charge in [0.15, 0.2) is 5.16 Å². The lowest BCUT2D eigenvalue weighted by Gasteiger charge is -2.02. The third kappa shape index (κ3) is 1.88. The van der Waals surface area contributed by atoms with Crippen LogP contribution in [-0.2, 0) is 0 Å². The van der Waals surface area contributed by atoms with Gasteiger partial charge in [0.25, 0.3) is 0 Å². The summed E-state index contributed by atoms with van der Waals surface area (Å²) in [5.41, 5.74) is 7.68. The van der Waals surface area contributed by atoms with Gasteiger partial charge in [-0.1, -0.05) is 17.8 Å². The van der Waals surface area contributed by atoms with E-state index in [1.165, 1.54) is 18.1 Å². The van der Waals surface area contributed by atoms with E-state index in [0.29, 0.717) is 0 Å². The lowest BCUT2D eigenvalue weighted by atomic mass is 10.2. The molecular weight excluding hydrogens is 196 g/mol. The third-order valence-electron chi connectivity index (χ3n) is 1.86. The van der Waals surface area contributed by atoms with E-state index in [9.17, 15) is 0 Å². The Balaban J connectivity index is 2.22. The molecule has 0 radical (unpaired) electrons. The summed E-state index contributed by atoms with van der Waals surface area (Å²) < 4.78 is 0. The Morgan fingerprint density at radius 2 is 2.29 bits per heavy atom. The highest BCUT2D eigenvalue weighted by atomic mass is 32.2. The van der Waals surface area contributed by atoms with Crippen LogP contribution >= 0.6 is 11.8 Å². The highest BCUT2D eigenvalue weighted by Crippen LogP contribution is 2.26. The van der Waals surface area contributed by atoms with E-state index >= 15 is 0 Å². The van der Waals surface area contributed by atoms with Crippen LogP contribution in [0.4, 0.5) is 5.69 Å². The number of H-pyrrole nitrogens is 1. The first-order valence-electron chi connectivity index (χ1n) is 4.15. The fraction of sp³-hybridized carbons (Fsp3) is 0.111. The van der Waals surface area contributed by atoms with Crippen molar-refractivity contribution in [1.29, 1.82) is 0 Å². The van der Waals surface area contributed by atoms with Crippen LogP contribution in [0.15, 0.2) is 34.6 Å². The van der Waals surface area contributed by atoms with Crippen molar-refractivity contribution in [3.05, 3.63) is 30.1 Å². The minimum absolute atomic E-state index is 0.772. The van der Waals surface area contributed by atoms with E-state index in [1.54, 1.807) is 0 Å². The van der Waals surface area contributed by atoms with Gasteiger partial charge < -0.3 is 5.73 Å². The summed E-state index contributed by atoms with van der Waals surface area (Å²) in [6.07, 6.45) is 1.49. The number of hydrogen-bond donors (Lipinski definition) is 2. The summed E-state index contributed by atoms with van der Waals surface area (Å²) in [6, 6.07) is 5.94. The fourth-order valence-electron chi connectivity index (χ4n) is 1.04. The molecule has 1 aromatic carbocycles. The van der Waals surface area contributed by atoms with Crippen molar-refractivity contribution < 1.29 is 0 Å². The molecule has 1 aromatic heterocycles. The predicted molar refractivity (Wildman–Crippen MR) is 56.1 cm³/mol. The van der Waals surface area contributed by atoms with Crippen molar-refractivity contribution >= 4 is 17.4 Å². The summed E-state index contributed by atoms with van der Waals surface area (Å²) in [5, 5.41) is 7.32. The molecule has 0 aliphatic rings. The summed E-state index contributed by atoms with van der Waals surface area (Å²) in [5.74, 6) is 0. The molecule has 0 saturated heterocycles. The fourth-order valence-corrected chi connectivity index (χ4v) is 1.78. The topological polar surface area (TPSA) is 67.6 Å². The van der Waals surface area contributed by atoms with Crippen LogP contribution in [0, 0.1) is 6.92 Å². The third-order valence-corrected chi connectivity index (χ3v) is 2.74. The zero-order chi connectivity index (χ0) is 9.97. The lowest BCUT2D eigenvalue weighted by molar-refractivity contribution is 0.973. The minimum Gasteiger partial charge on any atom is -0.398 e. The van der Waals surface area contributed by atoms with Crippen LogP contribution in [0.25, 0.3) is 0 Å². The van der Waals surface area contributed by atoms with Gasteiger partial charge >= 0.3 is 0 Å². The summed E-state index contributed by atoms with van der Waals surface area (Å²) >= 11 is 1.51. The number of rotatable bonds is 2. The van der Waals surface area contributed by atoms with Crippen molar-refractivity contribution in [1.82, 2.24) is 15.2 Å². The van der Waals surface area contributed by atoms with E-state index in [0.717, 1.165) is 21.3 Å². The van der Waals surface area contributed by atoms with Crippen molar-refractivity contribution in [2.45, 2.75) is 17.0 Å². The number of aryl methyl sites for hydroxylation is 1. The number of hydrogen-bond acceptors (Lipinski definition) is 4. The van der Waals surface area contributed by atoms with Gasteiger partial charge in [-0.05, 0) is 24.6 Å². The first-order valence-corrected chi connectivity index (χ1v) is 4.97. The van der Waals surface area contributed by atoms with Gasteiger partial charge in [0.05, 0.1) is 0 Å².